The monoisotopic (exact) mass is 506 g/mol. The van der Waals surface area contributed by atoms with Crippen LogP contribution in [0.4, 0.5) is 0 Å². The van der Waals surface area contributed by atoms with Crippen LogP contribution in [0.15, 0.2) is 91.0 Å². The summed E-state index contributed by atoms with van der Waals surface area (Å²) in [5, 5.41) is 8.73. The third-order valence-electron chi connectivity index (χ3n) is 6.22. The van der Waals surface area contributed by atoms with Crippen molar-refractivity contribution >= 4 is 5.97 Å². The van der Waals surface area contributed by atoms with Gasteiger partial charge >= 0.3 is 41.5 Å². The number of rotatable bonds is 14. The number of aromatic nitrogens is 2. The fourth-order valence-electron chi connectivity index (χ4n) is 4.40. The van der Waals surface area contributed by atoms with Gasteiger partial charge in [0, 0.05) is 17.5 Å². The molecule has 5 nitrogen and oxygen atoms in total. The van der Waals surface area contributed by atoms with Gasteiger partial charge in [-0.1, -0.05) is 111 Å². The summed E-state index contributed by atoms with van der Waals surface area (Å²) in [6.45, 7) is 0.603. The minimum atomic E-state index is -0.702. The molecule has 0 unspecified atom stereocenters. The molecule has 1 aromatic heterocycles. The maximum atomic E-state index is 10.6. The Hall–Kier alpha value is -2.86. The standard InChI is InChI=1S/C31H34N2O3.Na.H/c34-28(35)23-15-4-2-1-3-5-16-24-36-31-32-29(25-17-9-6-10-18-25)30(26-19-11-7-12-20-26)33(31)27-21-13-8-14-22-27;;/h6-14,17-22H,1-5,15-16,23-24H2,(H,34,35);;/q;+1;-1. The van der Waals surface area contributed by atoms with E-state index in [4.69, 9.17) is 14.8 Å². The van der Waals surface area contributed by atoms with E-state index in [1.807, 2.05) is 42.5 Å². The summed E-state index contributed by atoms with van der Waals surface area (Å²) >= 11 is 0. The Morgan fingerprint density at radius 3 is 1.84 bits per heavy atom. The number of aliphatic carboxylic acids is 1. The average Bonchev–Trinajstić information content (AvgIpc) is 3.30. The van der Waals surface area contributed by atoms with Crippen LogP contribution >= 0.6 is 0 Å². The van der Waals surface area contributed by atoms with Gasteiger partial charge in [0.1, 0.15) is 5.69 Å². The summed E-state index contributed by atoms with van der Waals surface area (Å²) < 4.78 is 8.44. The Labute approximate surface area is 243 Å². The van der Waals surface area contributed by atoms with Crippen molar-refractivity contribution in [1.82, 2.24) is 9.55 Å². The molecule has 0 fully saturated rings. The quantitative estimate of drug-likeness (QED) is 0.195. The topological polar surface area (TPSA) is 64.3 Å². The molecule has 0 bridgehead atoms. The Kier molecular flexibility index (Phi) is 12.0. The van der Waals surface area contributed by atoms with Crippen molar-refractivity contribution in [2.24, 2.45) is 0 Å². The van der Waals surface area contributed by atoms with E-state index in [0.29, 0.717) is 12.6 Å². The molecule has 188 valence electrons. The van der Waals surface area contributed by atoms with E-state index in [-0.39, 0.29) is 37.4 Å². The molecule has 0 spiro atoms. The van der Waals surface area contributed by atoms with Crippen molar-refractivity contribution < 1.29 is 45.6 Å². The zero-order chi connectivity index (χ0) is 25.0. The van der Waals surface area contributed by atoms with Crippen molar-refractivity contribution in [2.75, 3.05) is 6.61 Å². The van der Waals surface area contributed by atoms with Gasteiger partial charge in [-0.2, -0.15) is 4.98 Å². The first kappa shape index (κ1) is 28.7. The maximum absolute atomic E-state index is 10.6. The summed E-state index contributed by atoms with van der Waals surface area (Å²) in [5.74, 6) is -0.702. The van der Waals surface area contributed by atoms with Crippen molar-refractivity contribution in [3.63, 3.8) is 0 Å². The van der Waals surface area contributed by atoms with Crippen LogP contribution < -0.4 is 34.3 Å². The molecule has 0 radical (unpaired) electrons. The summed E-state index contributed by atoms with van der Waals surface area (Å²) in [7, 11) is 0. The Morgan fingerprint density at radius 1 is 0.730 bits per heavy atom. The number of benzene rings is 3. The molecule has 0 aliphatic heterocycles. The van der Waals surface area contributed by atoms with Crippen LogP contribution in [0.2, 0.25) is 0 Å². The number of hydrogen-bond acceptors (Lipinski definition) is 3. The Morgan fingerprint density at radius 2 is 1.24 bits per heavy atom. The molecule has 0 atom stereocenters. The number of unbranched alkanes of at least 4 members (excludes halogenated alkanes) is 6. The minimum Gasteiger partial charge on any atom is -1.00 e. The zero-order valence-corrected chi connectivity index (χ0v) is 23.7. The summed E-state index contributed by atoms with van der Waals surface area (Å²) in [4.78, 5) is 15.6. The third-order valence-corrected chi connectivity index (χ3v) is 6.22. The molecular weight excluding hydrogens is 471 g/mol. The van der Waals surface area contributed by atoms with E-state index in [9.17, 15) is 4.79 Å². The second-order valence-corrected chi connectivity index (χ2v) is 8.96. The van der Waals surface area contributed by atoms with Gasteiger partial charge in [0.15, 0.2) is 0 Å². The molecule has 4 rings (SSSR count). The van der Waals surface area contributed by atoms with Gasteiger partial charge in [-0.25, -0.2) is 0 Å². The number of carboxylic acids is 1. The number of carbonyl (C=O) groups is 1. The molecule has 0 aliphatic carbocycles. The first-order valence-electron chi connectivity index (χ1n) is 12.9. The van der Waals surface area contributed by atoms with Gasteiger partial charge in [0.05, 0.1) is 18.0 Å². The number of ether oxygens (including phenoxy) is 1. The average molecular weight is 507 g/mol. The molecule has 1 heterocycles. The Bertz CT molecular complexity index is 1220. The van der Waals surface area contributed by atoms with E-state index in [2.05, 4.69) is 53.1 Å². The van der Waals surface area contributed by atoms with E-state index in [1.165, 1.54) is 0 Å². The molecule has 0 saturated heterocycles. The van der Waals surface area contributed by atoms with Crippen molar-refractivity contribution in [3.8, 4) is 34.2 Å². The number of nitrogens with zero attached hydrogens (tertiary/aromatic N) is 2. The minimum absolute atomic E-state index is 0. The van der Waals surface area contributed by atoms with Crippen LogP contribution in [-0.4, -0.2) is 27.2 Å². The number of para-hydroxylation sites is 1. The molecule has 6 heteroatoms. The van der Waals surface area contributed by atoms with Gasteiger partial charge in [-0.05, 0) is 25.0 Å². The Balaban J connectivity index is 0.00000253. The predicted molar refractivity (Wildman–Crippen MR) is 146 cm³/mol. The van der Waals surface area contributed by atoms with E-state index < -0.39 is 5.97 Å². The summed E-state index contributed by atoms with van der Waals surface area (Å²) in [6, 6.07) is 31.5. The molecule has 1 N–H and O–H groups in total. The molecule has 37 heavy (non-hydrogen) atoms. The number of carboxylic acid groups (broad SMARTS) is 1. The second kappa shape index (κ2) is 15.4. The molecule has 0 aliphatic rings. The van der Waals surface area contributed by atoms with Crippen LogP contribution in [0.25, 0.3) is 28.2 Å². The molecule has 0 saturated carbocycles. The van der Waals surface area contributed by atoms with E-state index in [0.717, 1.165) is 73.1 Å². The van der Waals surface area contributed by atoms with Crippen LogP contribution in [0, 0.1) is 0 Å². The molecule has 0 amide bonds. The van der Waals surface area contributed by atoms with Gasteiger partial charge in [0.2, 0.25) is 0 Å². The predicted octanol–water partition coefficient (Wildman–Crippen LogP) is 4.91. The summed E-state index contributed by atoms with van der Waals surface area (Å²) in [5.41, 5.74) is 5.08. The van der Waals surface area contributed by atoms with Gasteiger partial charge < -0.3 is 11.3 Å². The number of imidazole rings is 1. The van der Waals surface area contributed by atoms with E-state index >= 15 is 0 Å². The maximum Gasteiger partial charge on any atom is 1.00 e. The van der Waals surface area contributed by atoms with Crippen molar-refractivity contribution in [2.45, 2.75) is 51.4 Å². The second-order valence-electron chi connectivity index (χ2n) is 8.96. The van der Waals surface area contributed by atoms with Gasteiger partial charge in [-0.15, -0.1) is 0 Å². The molecule has 3 aromatic carbocycles. The normalized spacial score (nSPS) is 10.6. The fourth-order valence-corrected chi connectivity index (χ4v) is 4.40. The largest absolute Gasteiger partial charge is 1.00 e. The van der Waals surface area contributed by atoms with Crippen LogP contribution in [0.3, 0.4) is 0 Å². The number of hydrogen-bond donors (Lipinski definition) is 1. The van der Waals surface area contributed by atoms with Crippen molar-refractivity contribution in [1.29, 1.82) is 0 Å². The van der Waals surface area contributed by atoms with Gasteiger partial charge in [0.25, 0.3) is 0 Å². The third kappa shape index (κ3) is 8.32. The molecule has 4 aromatic rings. The fraction of sp³-hybridized carbons (Fsp3) is 0.290. The first-order chi connectivity index (χ1) is 17.7. The van der Waals surface area contributed by atoms with E-state index in [1.54, 1.807) is 0 Å². The zero-order valence-electron chi connectivity index (χ0n) is 22.7. The van der Waals surface area contributed by atoms with Crippen LogP contribution in [0.1, 0.15) is 52.8 Å². The van der Waals surface area contributed by atoms with Crippen LogP contribution in [-0.2, 0) is 4.79 Å². The SMILES string of the molecule is O=C(O)CCCCCCCCCOc1nc(-c2ccccc2)c(-c2ccccc2)n1-c1ccccc1.[H-].[Na+]. The van der Waals surface area contributed by atoms with Crippen LogP contribution in [0.5, 0.6) is 6.01 Å². The first-order valence-corrected chi connectivity index (χ1v) is 12.9. The van der Waals surface area contributed by atoms with Crippen molar-refractivity contribution in [3.05, 3.63) is 91.0 Å². The smallest absolute Gasteiger partial charge is 1.00 e. The molecular formula is C31H35N2NaO3. The summed E-state index contributed by atoms with van der Waals surface area (Å²) in [6.07, 6.45) is 7.43. The van der Waals surface area contributed by atoms with Gasteiger partial charge in [-0.3, -0.25) is 9.36 Å².